The third-order valence-electron chi connectivity index (χ3n) is 6.30. The predicted molar refractivity (Wildman–Crippen MR) is 112 cm³/mol. The molecule has 1 amide bonds. The molecule has 144 valence electrons. The summed E-state index contributed by atoms with van der Waals surface area (Å²) in [6, 6.07) is 21.3. The molecule has 3 nitrogen and oxygen atoms in total. The minimum Gasteiger partial charge on any atom is -0.369 e. The zero-order chi connectivity index (χ0) is 19.3. The number of benzene rings is 2. The van der Waals surface area contributed by atoms with Crippen molar-refractivity contribution < 1.29 is 4.79 Å². The molecular weight excluding hydrogens is 332 g/mol. The molecule has 3 heteroatoms. The van der Waals surface area contributed by atoms with Gasteiger partial charge in [-0.25, -0.2) is 0 Å². The van der Waals surface area contributed by atoms with E-state index < -0.39 is 5.41 Å². The first-order valence-electron chi connectivity index (χ1n) is 10.2. The van der Waals surface area contributed by atoms with Gasteiger partial charge < -0.3 is 5.73 Å². The Morgan fingerprint density at radius 2 is 1.44 bits per heavy atom. The fraction of sp³-hybridized carbons (Fsp3) is 0.458. The van der Waals surface area contributed by atoms with Crippen molar-refractivity contribution in [3.05, 3.63) is 71.8 Å². The molecule has 1 aliphatic rings. The molecule has 0 saturated carbocycles. The fourth-order valence-electron chi connectivity index (χ4n) is 4.75. The third kappa shape index (κ3) is 4.08. The molecule has 2 unspecified atom stereocenters. The van der Waals surface area contributed by atoms with Gasteiger partial charge in [-0.3, -0.25) is 9.69 Å². The first kappa shape index (κ1) is 19.6. The second-order valence-electron chi connectivity index (χ2n) is 7.97. The zero-order valence-electron chi connectivity index (χ0n) is 16.6. The van der Waals surface area contributed by atoms with Crippen LogP contribution in [0.15, 0.2) is 60.7 Å². The van der Waals surface area contributed by atoms with Gasteiger partial charge in [0.1, 0.15) is 0 Å². The molecule has 1 aliphatic heterocycles. The van der Waals surface area contributed by atoms with Crippen LogP contribution in [0.2, 0.25) is 0 Å². The molecule has 1 fully saturated rings. The smallest absolute Gasteiger partial charge is 0.232 e. The van der Waals surface area contributed by atoms with E-state index in [1.54, 1.807) is 0 Å². The molecule has 2 aromatic carbocycles. The van der Waals surface area contributed by atoms with Gasteiger partial charge in [0.15, 0.2) is 0 Å². The van der Waals surface area contributed by atoms with Gasteiger partial charge in [0.2, 0.25) is 5.91 Å². The number of nitrogens with two attached hydrogens (primary N) is 1. The fourth-order valence-corrected chi connectivity index (χ4v) is 4.75. The number of nitrogens with zero attached hydrogens (tertiary/aromatic N) is 1. The topological polar surface area (TPSA) is 46.3 Å². The lowest BCUT2D eigenvalue weighted by molar-refractivity contribution is -0.122. The number of likely N-dealkylation sites (tertiary alicyclic amines) is 1. The number of piperidine rings is 1. The van der Waals surface area contributed by atoms with Gasteiger partial charge in [-0.05, 0) is 57.2 Å². The van der Waals surface area contributed by atoms with Crippen LogP contribution in [0.3, 0.4) is 0 Å². The monoisotopic (exact) mass is 364 g/mol. The van der Waals surface area contributed by atoms with Crippen molar-refractivity contribution in [2.45, 2.75) is 63.5 Å². The number of amides is 1. The summed E-state index contributed by atoms with van der Waals surface area (Å²) in [5, 5.41) is 0. The predicted octanol–water partition coefficient (Wildman–Crippen LogP) is 4.50. The maximum absolute atomic E-state index is 12.8. The van der Waals surface area contributed by atoms with Crippen LogP contribution >= 0.6 is 0 Å². The van der Waals surface area contributed by atoms with Gasteiger partial charge in [-0.1, -0.05) is 67.1 Å². The van der Waals surface area contributed by atoms with E-state index in [-0.39, 0.29) is 5.91 Å². The Kier molecular flexibility index (Phi) is 6.33. The molecule has 2 N–H and O–H groups in total. The summed E-state index contributed by atoms with van der Waals surface area (Å²) in [6.07, 6.45) is 5.52. The van der Waals surface area contributed by atoms with Gasteiger partial charge in [-0.2, -0.15) is 0 Å². The quantitative estimate of drug-likeness (QED) is 0.786. The van der Waals surface area contributed by atoms with Crippen LogP contribution in [-0.4, -0.2) is 29.4 Å². The second kappa shape index (κ2) is 8.71. The summed E-state index contributed by atoms with van der Waals surface area (Å²) in [7, 11) is 0. The highest BCUT2D eigenvalue weighted by atomic mass is 16.1. The lowest BCUT2D eigenvalue weighted by atomic mass is 9.70. The zero-order valence-corrected chi connectivity index (χ0v) is 16.6. The summed E-state index contributed by atoms with van der Waals surface area (Å²) in [5.74, 6) is -0.264. The molecule has 0 aliphatic carbocycles. The molecule has 0 spiro atoms. The third-order valence-corrected chi connectivity index (χ3v) is 6.30. The van der Waals surface area contributed by atoms with Crippen molar-refractivity contribution in [2.75, 3.05) is 6.54 Å². The summed E-state index contributed by atoms with van der Waals surface area (Å²) in [6.45, 7) is 5.66. The van der Waals surface area contributed by atoms with E-state index in [0.29, 0.717) is 12.1 Å². The average Bonchev–Trinajstić information content (AvgIpc) is 2.68. The molecule has 0 aromatic heterocycles. The molecule has 2 atom stereocenters. The highest BCUT2D eigenvalue weighted by Crippen LogP contribution is 2.37. The molecule has 2 aromatic rings. The highest BCUT2D eigenvalue weighted by molar-refractivity contribution is 5.90. The van der Waals surface area contributed by atoms with E-state index >= 15 is 0 Å². The Morgan fingerprint density at radius 1 is 0.963 bits per heavy atom. The van der Waals surface area contributed by atoms with E-state index in [1.807, 2.05) is 60.7 Å². The minimum absolute atomic E-state index is 0.264. The standard InChI is InChI=1S/C24H32N2O/c1-19-11-9-12-20(2)26(19)18-10-17-24(23(25)27,21-13-5-3-6-14-21)22-15-7-4-8-16-22/h3-8,13-16,19-20H,9-12,17-18H2,1-2H3,(H2,25,27). The van der Waals surface area contributed by atoms with Crippen LogP contribution in [0.5, 0.6) is 0 Å². The van der Waals surface area contributed by atoms with Crippen molar-refractivity contribution in [3.8, 4) is 0 Å². The largest absolute Gasteiger partial charge is 0.369 e. The lowest BCUT2D eigenvalue weighted by Gasteiger charge is -2.40. The normalized spacial score (nSPS) is 21.1. The number of rotatable bonds is 7. The van der Waals surface area contributed by atoms with E-state index in [2.05, 4.69) is 18.7 Å². The molecule has 0 radical (unpaired) electrons. The lowest BCUT2D eigenvalue weighted by Crippen LogP contribution is -2.46. The first-order chi connectivity index (χ1) is 13.1. The Morgan fingerprint density at radius 3 is 1.89 bits per heavy atom. The molecule has 3 rings (SSSR count). The first-order valence-corrected chi connectivity index (χ1v) is 10.2. The van der Waals surface area contributed by atoms with Crippen molar-refractivity contribution in [2.24, 2.45) is 5.73 Å². The Balaban J connectivity index is 1.87. The molecule has 0 bridgehead atoms. The summed E-state index contributed by atoms with van der Waals surface area (Å²) in [4.78, 5) is 15.4. The van der Waals surface area contributed by atoms with Crippen molar-refractivity contribution in [1.29, 1.82) is 0 Å². The van der Waals surface area contributed by atoms with Crippen LogP contribution in [0.4, 0.5) is 0 Å². The van der Waals surface area contributed by atoms with E-state index in [1.165, 1.54) is 19.3 Å². The van der Waals surface area contributed by atoms with Crippen LogP contribution in [0, 0.1) is 0 Å². The number of carbonyl (C=O) groups excluding carboxylic acids is 1. The number of primary amides is 1. The van der Waals surface area contributed by atoms with Crippen LogP contribution in [0.1, 0.15) is 57.1 Å². The van der Waals surface area contributed by atoms with Crippen LogP contribution < -0.4 is 5.73 Å². The van der Waals surface area contributed by atoms with Crippen molar-refractivity contribution >= 4 is 5.91 Å². The maximum atomic E-state index is 12.8. The van der Waals surface area contributed by atoms with E-state index in [0.717, 1.165) is 30.5 Å². The Labute approximate surface area is 163 Å². The summed E-state index contributed by atoms with van der Waals surface area (Å²) in [5.41, 5.74) is 7.26. The summed E-state index contributed by atoms with van der Waals surface area (Å²) < 4.78 is 0. The Hall–Kier alpha value is -2.13. The van der Waals surface area contributed by atoms with E-state index in [9.17, 15) is 4.79 Å². The minimum atomic E-state index is -0.773. The van der Waals surface area contributed by atoms with Gasteiger partial charge in [0, 0.05) is 12.1 Å². The van der Waals surface area contributed by atoms with Crippen LogP contribution in [0.25, 0.3) is 0 Å². The summed E-state index contributed by atoms with van der Waals surface area (Å²) >= 11 is 0. The molecule has 1 heterocycles. The molecule has 1 saturated heterocycles. The van der Waals surface area contributed by atoms with Gasteiger partial charge in [-0.15, -0.1) is 0 Å². The maximum Gasteiger partial charge on any atom is 0.232 e. The SMILES string of the molecule is CC1CCCC(C)N1CCCC(C(N)=O)(c1ccccc1)c1ccccc1. The molecule has 27 heavy (non-hydrogen) atoms. The number of hydrogen-bond donors (Lipinski definition) is 1. The van der Waals surface area contributed by atoms with Gasteiger partial charge in [0.05, 0.1) is 5.41 Å². The van der Waals surface area contributed by atoms with E-state index in [4.69, 9.17) is 5.73 Å². The van der Waals surface area contributed by atoms with Crippen molar-refractivity contribution in [1.82, 2.24) is 4.90 Å². The van der Waals surface area contributed by atoms with Crippen molar-refractivity contribution in [3.63, 3.8) is 0 Å². The Bertz CT molecular complexity index is 679. The number of hydrogen-bond acceptors (Lipinski definition) is 2. The average molecular weight is 365 g/mol. The van der Waals surface area contributed by atoms with Gasteiger partial charge >= 0.3 is 0 Å². The highest BCUT2D eigenvalue weighted by Gasteiger charge is 2.40. The molecular formula is C24H32N2O. The second-order valence-corrected chi connectivity index (χ2v) is 7.97. The van der Waals surface area contributed by atoms with Crippen LogP contribution in [-0.2, 0) is 10.2 Å². The number of carbonyl (C=O) groups is 1. The van der Waals surface area contributed by atoms with Gasteiger partial charge in [0.25, 0.3) is 0 Å².